The van der Waals surface area contributed by atoms with Crippen LogP contribution in [-0.2, 0) is 11.3 Å². The molecule has 0 saturated heterocycles. The number of benzene rings is 1. The number of hydrogen-bond donors (Lipinski definition) is 1. The lowest BCUT2D eigenvalue weighted by Gasteiger charge is -2.05. The molecule has 0 aliphatic heterocycles. The molecule has 0 fully saturated rings. The van der Waals surface area contributed by atoms with Crippen LogP contribution in [-0.4, -0.2) is 30.2 Å². The van der Waals surface area contributed by atoms with Crippen LogP contribution in [0.5, 0.6) is 0 Å². The van der Waals surface area contributed by atoms with Crippen LogP contribution in [0.15, 0.2) is 30.6 Å². The average molecular weight is 312 g/mol. The van der Waals surface area contributed by atoms with Crippen molar-refractivity contribution in [2.45, 2.75) is 6.54 Å². The summed E-state index contributed by atoms with van der Waals surface area (Å²) in [6.45, 7) is 2.19. The van der Waals surface area contributed by atoms with E-state index in [1.807, 2.05) is 6.07 Å². The third kappa shape index (κ3) is 4.15. The summed E-state index contributed by atoms with van der Waals surface area (Å²) in [4.78, 5) is 8.67. The molecular formula is C14H15Cl2N3O. The first kappa shape index (κ1) is 15.2. The number of aromatic nitrogens is 2. The minimum Gasteiger partial charge on any atom is -0.383 e. The van der Waals surface area contributed by atoms with Crippen molar-refractivity contribution >= 4 is 23.2 Å². The van der Waals surface area contributed by atoms with Crippen molar-refractivity contribution in [3.8, 4) is 11.4 Å². The zero-order chi connectivity index (χ0) is 14.4. The first-order chi connectivity index (χ1) is 9.70. The van der Waals surface area contributed by atoms with E-state index in [4.69, 9.17) is 27.9 Å². The van der Waals surface area contributed by atoms with Gasteiger partial charge in [0.1, 0.15) is 0 Å². The van der Waals surface area contributed by atoms with Gasteiger partial charge in [0.2, 0.25) is 0 Å². The van der Waals surface area contributed by atoms with Crippen LogP contribution in [0.2, 0.25) is 10.0 Å². The Morgan fingerprint density at radius 2 is 1.90 bits per heavy atom. The third-order valence-corrected chi connectivity index (χ3v) is 3.43. The number of halogens is 2. The zero-order valence-corrected chi connectivity index (χ0v) is 12.6. The van der Waals surface area contributed by atoms with Gasteiger partial charge in [-0.15, -0.1) is 0 Å². The first-order valence-corrected chi connectivity index (χ1v) is 6.92. The molecule has 1 aromatic carbocycles. The van der Waals surface area contributed by atoms with Gasteiger partial charge in [0.25, 0.3) is 0 Å². The summed E-state index contributed by atoms with van der Waals surface area (Å²) in [5.74, 6) is 0.629. The van der Waals surface area contributed by atoms with Gasteiger partial charge in [-0.25, -0.2) is 9.97 Å². The second-order valence-electron chi connectivity index (χ2n) is 4.21. The Kier molecular flexibility index (Phi) is 5.73. The van der Waals surface area contributed by atoms with Gasteiger partial charge in [0.15, 0.2) is 5.82 Å². The fraction of sp³-hybridized carbons (Fsp3) is 0.286. The minimum atomic E-state index is 0.498. The molecule has 1 N–H and O–H groups in total. The van der Waals surface area contributed by atoms with Crippen LogP contribution < -0.4 is 5.32 Å². The molecular weight excluding hydrogens is 297 g/mol. The summed E-state index contributed by atoms with van der Waals surface area (Å²) >= 11 is 11.9. The Bertz CT molecular complexity index is 561. The molecule has 0 radical (unpaired) electrons. The SMILES string of the molecule is COCCNCc1cnc(-c2ccc(Cl)c(Cl)c2)nc1. The van der Waals surface area contributed by atoms with Crippen molar-refractivity contribution in [1.82, 2.24) is 15.3 Å². The van der Waals surface area contributed by atoms with Crippen molar-refractivity contribution in [1.29, 1.82) is 0 Å². The molecule has 0 aliphatic rings. The summed E-state index contributed by atoms with van der Waals surface area (Å²) in [5.41, 5.74) is 1.86. The van der Waals surface area contributed by atoms with E-state index in [9.17, 15) is 0 Å². The van der Waals surface area contributed by atoms with Crippen molar-refractivity contribution in [3.05, 3.63) is 46.2 Å². The van der Waals surface area contributed by atoms with Crippen molar-refractivity contribution in [2.75, 3.05) is 20.3 Å². The molecule has 1 aromatic heterocycles. The lowest BCUT2D eigenvalue weighted by atomic mass is 10.2. The van der Waals surface area contributed by atoms with Gasteiger partial charge in [-0.05, 0) is 18.2 Å². The molecule has 6 heteroatoms. The van der Waals surface area contributed by atoms with Crippen molar-refractivity contribution in [3.63, 3.8) is 0 Å². The van der Waals surface area contributed by atoms with Gasteiger partial charge in [-0.3, -0.25) is 0 Å². The summed E-state index contributed by atoms with van der Waals surface area (Å²) in [6.07, 6.45) is 3.59. The molecule has 0 bridgehead atoms. The maximum absolute atomic E-state index is 5.98. The van der Waals surface area contributed by atoms with Gasteiger partial charge in [-0.1, -0.05) is 23.2 Å². The molecule has 0 aliphatic carbocycles. The normalized spacial score (nSPS) is 10.8. The highest BCUT2D eigenvalue weighted by Crippen LogP contribution is 2.26. The largest absolute Gasteiger partial charge is 0.383 e. The summed E-state index contributed by atoms with van der Waals surface area (Å²) in [6, 6.07) is 5.35. The van der Waals surface area contributed by atoms with Crippen LogP contribution in [0, 0.1) is 0 Å². The maximum Gasteiger partial charge on any atom is 0.159 e. The monoisotopic (exact) mass is 311 g/mol. The predicted molar refractivity (Wildman–Crippen MR) is 81.1 cm³/mol. The molecule has 2 rings (SSSR count). The van der Waals surface area contributed by atoms with Gasteiger partial charge < -0.3 is 10.1 Å². The number of hydrogen-bond acceptors (Lipinski definition) is 4. The quantitative estimate of drug-likeness (QED) is 0.832. The minimum absolute atomic E-state index is 0.498. The third-order valence-electron chi connectivity index (χ3n) is 2.70. The molecule has 106 valence electrons. The van der Waals surface area contributed by atoms with Crippen LogP contribution in [0.3, 0.4) is 0 Å². The van der Waals surface area contributed by atoms with E-state index in [1.165, 1.54) is 0 Å². The van der Waals surface area contributed by atoms with Crippen LogP contribution in [0.1, 0.15) is 5.56 Å². The summed E-state index contributed by atoms with van der Waals surface area (Å²) < 4.78 is 4.96. The first-order valence-electron chi connectivity index (χ1n) is 6.16. The summed E-state index contributed by atoms with van der Waals surface area (Å²) in [7, 11) is 1.68. The lowest BCUT2D eigenvalue weighted by molar-refractivity contribution is 0.199. The second-order valence-corrected chi connectivity index (χ2v) is 5.03. The van der Waals surface area contributed by atoms with Crippen LogP contribution in [0.4, 0.5) is 0 Å². The molecule has 1 heterocycles. The number of methoxy groups -OCH3 is 1. The van der Waals surface area contributed by atoms with E-state index in [0.29, 0.717) is 29.0 Å². The molecule has 2 aromatic rings. The highest BCUT2D eigenvalue weighted by Gasteiger charge is 2.04. The Morgan fingerprint density at radius 3 is 2.55 bits per heavy atom. The highest BCUT2D eigenvalue weighted by atomic mass is 35.5. The zero-order valence-electron chi connectivity index (χ0n) is 11.1. The Balaban J connectivity index is 2.02. The van der Waals surface area contributed by atoms with E-state index >= 15 is 0 Å². The fourth-order valence-electron chi connectivity index (χ4n) is 1.64. The molecule has 20 heavy (non-hydrogen) atoms. The van der Waals surface area contributed by atoms with Gasteiger partial charge in [-0.2, -0.15) is 0 Å². The van der Waals surface area contributed by atoms with Crippen LogP contribution >= 0.6 is 23.2 Å². The van der Waals surface area contributed by atoms with E-state index in [1.54, 1.807) is 31.6 Å². The molecule has 0 atom stereocenters. The number of nitrogens with one attached hydrogen (secondary N) is 1. The molecule has 4 nitrogen and oxygen atoms in total. The predicted octanol–water partition coefficient (Wildman–Crippen LogP) is 3.19. The topological polar surface area (TPSA) is 47.0 Å². The van der Waals surface area contributed by atoms with Crippen LogP contribution in [0.25, 0.3) is 11.4 Å². The smallest absolute Gasteiger partial charge is 0.159 e. The van der Waals surface area contributed by atoms with E-state index < -0.39 is 0 Å². The molecule has 0 amide bonds. The van der Waals surface area contributed by atoms with Crippen molar-refractivity contribution < 1.29 is 4.74 Å². The molecule has 0 unspecified atom stereocenters. The van der Waals surface area contributed by atoms with Gasteiger partial charge >= 0.3 is 0 Å². The van der Waals surface area contributed by atoms with E-state index in [-0.39, 0.29) is 0 Å². The Hall–Kier alpha value is -1.20. The second kappa shape index (κ2) is 7.55. The number of ether oxygens (including phenoxy) is 1. The van der Waals surface area contributed by atoms with Crippen molar-refractivity contribution in [2.24, 2.45) is 0 Å². The molecule has 0 saturated carbocycles. The van der Waals surface area contributed by atoms with E-state index in [2.05, 4.69) is 15.3 Å². The fourth-order valence-corrected chi connectivity index (χ4v) is 1.94. The maximum atomic E-state index is 5.98. The number of nitrogens with zero attached hydrogens (tertiary/aromatic N) is 2. The van der Waals surface area contributed by atoms with Gasteiger partial charge in [0.05, 0.1) is 16.7 Å². The molecule has 0 spiro atoms. The number of rotatable bonds is 6. The van der Waals surface area contributed by atoms with Gasteiger partial charge in [0, 0.05) is 43.7 Å². The van der Waals surface area contributed by atoms with E-state index in [0.717, 1.165) is 17.7 Å². The lowest BCUT2D eigenvalue weighted by Crippen LogP contribution is -2.18. The standard InChI is InChI=1S/C14H15Cl2N3O/c1-20-5-4-17-7-10-8-18-14(19-9-10)11-2-3-12(15)13(16)6-11/h2-3,6,8-9,17H,4-5,7H2,1H3. The Labute approximate surface area is 128 Å². The summed E-state index contributed by atoms with van der Waals surface area (Å²) in [5, 5.41) is 4.26. The average Bonchev–Trinajstić information content (AvgIpc) is 2.47. The highest BCUT2D eigenvalue weighted by molar-refractivity contribution is 6.42. The Morgan fingerprint density at radius 1 is 1.15 bits per heavy atom.